The zero-order chi connectivity index (χ0) is 17.3. The number of hydrogen-bond donors (Lipinski definition) is 2. The van der Waals surface area contributed by atoms with Crippen molar-refractivity contribution in [1.82, 2.24) is 10.6 Å². The molecule has 1 rings (SSSR count). The first-order chi connectivity index (χ1) is 10.8. The Morgan fingerprint density at radius 3 is 2.22 bits per heavy atom. The number of nitrogens with one attached hydrogen (secondary N) is 2. The highest BCUT2D eigenvalue weighted by Crippen LogP contribution is 2.18. The normalized spacial score (nSPS) is 12.6. The van der Waals surface area contributed by atoms with Gasteiger partial charge in [0.05, 0.1) is 6.42 Å². The van der Waals surface area contributed by atoms with Crippen LogP contribution in [-0.4, -0.2) is 32.3 Å². The average Bonchev–Trinajstić information content (AvgIpc) is 2.49. The summed E-state index contributed by atoms with van der Waals surface area (Å²) < 4.78 is 36.2. The van der Waals surface area contributed by atoms with E-state index in [4.69, 9.17) is 0 Å². The van der Waals surface area contributed by atoms with Crippen molar-refractivity contribution in [3.8, 4) is 0 Å². The Morgan fingerprint density at radius 2 is 1.70 bits per heavy atom. The van der Waals surface area contributed by atoms with Crippen molar-refractivity contribution in [3.05, 3.63) is 35.4 Å². The lowest BCUT2D eigenvalue weighted by atomic mass is 10.0. The first kappa shape index (κ1) is 19.3. The van der Waals surface area contributed by atoms with Gasteiger partial charge in [0, 0.05) is 20.1 Å². The molecule has 0 bridgehead atoms. The lowest BCUT2D eigenvalue weighted by Crippen LogP contribution is -2.39. The van der Waals surface area contributed by atoms with Gasteiger partial charge in [-0.3, -0.25) is 4.99 Å². The van der Waals surface area contributed by atoms with E-state index in [2.05, 4.69) is 53.7 Å². The van der Waals surface area contributed by atoms with E-state index in [9.17, 15) is 13.2 Å². The zero-order valence-electron chi connectivity index (χ0n) is 14.0. The maximum Gasteiger partial charge on any atom is 0.390 e. The average molecular weight is 329 g/mol. The van der Waals surface area contributed by atoms with Crippen LogP contribution in [0.5, 0.6) is 0 Å². The molecule has 0 fully saturated rings. The molecule has 0 atom stereocenters. The minimum atomic E-state index is -4.14. The fourth-order valence-corrected chi connectivity index (χ4v) is 2.11. The molecule has 6 heteroatoms. The van der Waals surface area contributed by atoms with Crippen LogP contribution in [0.15, 0.2) is 29.3 Å². The van der Waals surface area contributed by atoms with Crippen molar-refractivity contribution in [2.45, 2.75) is 45.2 Å². The topological polar surface area (TPSA) is 36.4 Å². The van der Waals surface area contributed by atoms with Gasteiger partial charge in [-0.25, -0.2) is 0 Å². The number of alkyl halides is 3. The Morgan fingerprint density at radius 1 is 1.09 bits per heavy atom. The Bertz CT molecular complexity index is 479. The van der Waals surface area contributed by atoms with Crippen LogP contribution in [0.1, 0.15) is 43.7 Å². The van der Waals surface area contributed by atoms with Gasteiger partial charge >= 0.3 is 6.18 Å². The third-order valence-electron chi connectivity index (χ3n) is 3.51. The molecule has 0 saturated heterocycles. The van der Waals surface area contributed by atoms with Gasteiger partial charge in [0.2, 0.25) is 0 Å². The lowest BCUT2D eigenvalue weighted by molar-refractivity contribution is -0.132. The maximum atomic E-state index is 12.1. The van der Waals surface area contributed by atoms with Crippen molar-refractivity contribution >= 4 is 5.96 Å². The van der Waals surface area contributed by atoms with Gasteiger partial charge in [-0.1, -0.05) is 38.1 Å². The van der Waals surface area contributed by atoms with Crippen LogP contribution in [0, 0.1) is 0 Å². The number of aliphatic imine (C=N–C) groups is 1. The minimum Gasteiger partial charge on any atom is -0.356 e. The van der Waals surface area contributed by atoms with Crippen LogP contribution in [0.3, 0.4) is 0 Å². The third-order valence-corrected chi connectivity index (χ3v) is 3.51. The molecular weight excluding hydrogens is 303 g/mol. The van der Waals surface area contributed by atoms with Crippen molar-refractivity contribution in [3.63, 3.8) is 0 Å². The largest absolute Gasteiger partial charge is 0.390 e. The molecule has 0 amide bonds. The quantitative estimate of drug-likeness (QED) is 0.453. The van der Waals surface area contributed by atoms with Crippen LogP contribution in [0.4, 0.5) is 13.2 Å². The Balaban J connectivity index is 2.24. The number of aryl methyl sites for hydroxylation is 1. The predicted octanol–water partition coefficient (Wildman–Crippen LogP) is 3.86. The van der Waals surface area contributed by atoms with Crippen LogP contribution < -0.4 is 10.6 Å². The van der Waals surface area contributed by atoms with Crippen LogP contribution in [0.2, 0.25) is 0 Å². The third kappa shape index (κ3) is 8.47. The second-order valence-corrected chi connectivity index (χ2v) is 5.79. The highest BCUT2D eigenvalue weighted by atomic mass is 19.4. The van der Waals surface area contributed by atoms with Crippen molar-refractivity contribution in [2.24, 2.45) is 4.99 Å². The molecule has 0 unspecified atom stereocenters. The fraction of sp³-hybridized carbons (Fsp3) is 0.588. The molecule has 0 spiro atoms. The molecule has 1 aromatic rings. The van der Waals surface area contributed by atoms with E-state index in [0.29, 0.717) is 18.4 Å². The maximum absolute atomic E-state index is 12.1. The molecule has 0 heterocycles. The molecule has 1 aromatic carbocycles. The molecule has 0 saturated carbocycles. The van der Waals surface area contributed by atoms with E-state index in [1.54, 1.807) is 7.05 Å². The summed E-state index contributed by atoms with van der Waals surface area (Å²) >= 11 is 0. The van der Waals surface area contributed by atoms with Crippen LogP contribution in [-0.2, 0) is 6.42 Å². The van der Waals surface area contributed by atoms with E-state index in [1.807, 2.05) is 0 Å². The molecule has 130 valence electrons. The van der Waals surface area contributed by atoms with E-state index >= 15 is 0 Å². The summed E-state index contributed by atoms with van der Waals surface area (Å²) in [6.07, 6.45) is -3.20. The number of halogens is 3. The van der Waals surface area contributed by atoms with Crippen LogP contribution in [0.25, 0.3) is 0 Å². The first-order valence-corrected chi connectivity index (χ1v) is 7.92. The monoisotopic (exact) mass is 329 g/mol. The van der Waals surface area contributed by atoms with Gasteiger partial charge in [0.1, 0.15) is 0 Å². The van der Waals surface area contributed by atoms with Gasteiger partial charge in [-0.2, -0.15) is 13.2 Å². The number of benzene rings is 1. The number of rotatable bonds is 7. The standard InChI is InChI=1S/C17H26F3N3/c1-13(2)15-8-6-14(7-9-15)5-4-11-22-16(21-3)23-12-10-17(18,19)20/h6-9,13H,4-5,10-12H2,1-3H3,(H2,21,22,23). The number of guanidine groups is 1. The smallest absolute Gasteiger partial charge is 0.356 e. The van der Waals surface area contributed by atoms with Crippen molar-refractivity contribution in [2.75, 3.05) is 20.1 Å². The van der Waals surface area contributed by atoms with Crippen molar-refractivity contribution < 1.29 is 13.2 Å². The summed E-state index contributed by atoms with van der Waals surface area (Å²) in [4.78, 5) is 3.91. The number of nitrogens with zero attached hydrogens (tertiary/aromatic N) is 1. The Kier molecular flexibility index (Phi) is 7.92. The molecule has 2 N–H and O–H groups in total. The summed E-state index contributed by atoms with van der Waals surface area (Å²) in [7, 11) is 1.55. The summed E-state index contributed by atoms with van der Waals surface area (Å²) in [6.45, 7) is 4.82. The second-order valence-electron chi connectivity index (χ2n) is 5.79. The highest BCUT2D eigenvalue weighted by molar-refractivity contribution is 5.79. The molecule has 23 heavy (non-hydrogen) atoms. The highest BCUT2D eigenvalue weighted by Gasteiger charge is 2.26. The Hall–Kier alpha value is -1.72. The van der Waals surface area contributed by atoms with Gasteiger partial charge in [0.25, 0.3) is 0 Å². The van der Waals surface area contributed by atoms with Gasteiger partial charge in [-0.15, -0.1) is 0 Å². The SMILES string of the molecule is CN=C(NCCCc1ccc(C(C)C)cc1)NCCC(F)(F)F. The Labute approximate surface area is 136 Å². The molecule has 0 aromatic heterocycles. The fourth-order valence-electron chi connectivity index (χ4n) is 2.11. The summed E-state index contributed by atoms with van der Waals surface area (Å²) in [5.41, 5.74) is 2.58. The molecule has 0 aliphatic rings. The molecule has 0 radical (unpaired) electrons. The minimum absolute atomic E-state index is 0.167. The molecule has 0 aliphatic heterocycles. The summed E-state index contributed by atoms with van der Waals surface area (Å²) in [5.74, 6) is 0.932. The second kappa shape index (κ2) is 9.43. The summed E-state index contributed by atoms with van der Waals surface area (Å²) in [6, 6.07) is 8.55. The molecule has 0 aliphatic carbocycles. The van der Waals surface area contributed by atoms with Gasteiger partial charge < -0.3 is 10.6 Å². The van der Waals surface area contributed by atoms with E-state index in [0.717, 1.165) is 12.8 Å². The summed E-state index contributed by atoms with van der Waals surface area (Å²) in [5, 5.41) is 5.69. The van der Waals surface area contributed by atoms with Crippen molar-refractivity contribution in [1.29, 1.82) is 0 Å². The van der Waals surface area contributed by atoms with Crippen LogP contribution >= 0.6 is 0 Å². The molecule has 3 nitrogen and oxygen atoms in total. The molecular formula is C17H26F3N3. The predicted molar refractivity (Wildman–Crippen MR) is 88.9 cm³/mol. The van der Waals surface area contributed by atoms with E-state index in [1.165, 1.54) is 11.1 Å². The van der Waals surface area contributed by atoms with Gasteiger partial charge in [0.15, 0.2) is 5.96 Å². The van der Waals surface area contributed by atoms with E-state index in [-0.39, 0.29) is 6.54 Å². The number of hydrogen-bond acceptors (Lipinski definition) is 1. The van der Waals surface area contributed by atoms with E-state index < -0.39 is 12.6 Å². The van der Waals surface area contributed by atoms with Gasteiger partial charge in [-0.05, 0) is 29.9 Å². The first-order valence-electron chi connectivity index (χ1n) is 7.92. The lowest BCUT2D eigenvalue weighted by Gasteiger charge is -2.13. The zero-order valence-corrected chi connectivity index (χ0v) is 14.0.